The minimum Gasteiger partial charge on any atom is -0.438 e. The molecular weight excluding hydrogens is 257 g/mol. The summed E-state index contributed by atoms with van der Waals surface area (Å²) in [5.41, 5.74) is 1.41. The van der Waals surface area contributed by atoms with E-state index in [9.17, 15) is 9.50 Å². The summed E-state index contributed by atoms with van der Waals surface area (Å²) in [6.45, 7) is 3.91. The van der Waals surface area contributed by atoms with Crippen LogP contribution in [0.5, 0.6) is 11.6 Å². The fourth-order valence-corrected chi connectivity index (χ4v) is 1.98. The zero-order valence-electron chi connectivity index (χ0n) is 11.6. The molecule has 3 nitrogen and oxygen atoms in total. The number of nitrogens with zero attached hydrogens (tertiary/aromatic N) is 1. The molecule has 0 aliphatic rings. The number of pyridine rings is 1. The van der Waals surface area contributed by atoms with Gasteiger partial charge in [0.1, 0.15) is 11.6 Å². The number of benzene rings is 1. The van der Waals surface area contributed by atoms with Crippen molar-refractivity contribution in [2.45, 2.75) is 32.8 Å². The van der Waals surface area contributed by atoms with Gasteiger partial charge in [-0.25, -0.2) is 9.37 Å². The van der Waals surface area contributed by atoms with E-state index in [0.717, 1.165) is 18.2 Å². The van der Waals surface area contributed by atoms with Crippen LogP contribution < -0.4 is 4.74 Å². The van der Waals surface area contributed by atoms with Gasteiger partial charge in [0.05, 0.1) is 12.8 Å². The second-order valence-electron chi connectivity index (χ2n) is 4.73. The highest BCUT2D eigenvalue weighted by molar-refractivity contribution is 5.40. The fraction of sp³-hybridized carbons (Fsp3) is 0.312. The molecule has 0 amide bonds. The number of rotatable bonds is 5. The standard InChI is InChI=1S/C16H18FNO2/c1-3-11(2)14-6-4-5-7-15(14)20-16-12(10-19)8-13(17)9-18-16/h4-9,11,19H,3,10H2,1-2H3. The van der Waals surface area contributed by atoms with E-state index >= 15 is 0 Å². The molecule has 0 aliphatic carbocycles. The molecule has 0 radical (unpaired) electrons. The fourth-order valence-electron chi connectivity index (χ4n) is 1.98. The van der Waals surface area contributed by atoms with Crippen LogP contribution in [0.25, 0.3) is 0 Å². The van der Waals surface area contributed by atoms with Crippen LogP contribution in [0.2, 0.25) is 0 Å². The first kappa shape index (κ1) is 14.5. The maximum atomic E-state index is 13.1. The minimum absolute atomic E-state index is 0.240. The third-order valence-electron chi connectivity index (χ3n) is 3.33. The van der Waals surface area contributed by atoms with Crippen molar-refractivity contribution in [1.82, 2.24) is 4.98 Å². The molecule has 0 spiro atoms. The number of hydrogen-bond acceptors (Lipinski definition) is 3. The Morgan fingerprint density at radius 1 is 1.35 bits per heavy atom. The number of aromatic nitrogens is 1. The molecule has 1 unspecified atom stereocenters. The monoisotopic (exact) mass is 275 g/mol. The number of aliphatic hydroxyl groups is 1. The van der Waals surface area contributed by atoms with E-state index in [1.165, 1.54) is 6.07 Å². The third kappa shape index (κ3) is 3.14. The zero-order valence-corrected chi connectivity index (χ0v) is 11.6. The summed E-state index contributed by atoms with van der Waals surface area (Å²) in [7, 11) is 0. The molecule has 0 fully saturated rings. The van der Waals surface area contributed by atoms with E-state index in [4.69, 9.17) is 4.74 Å². The van der Waals surface area contributed by atoms with Crippen LogP contribution in [0, 0.1) is 5.82 Å². The van der Waals surface area contributed by atoms with Crippen LogP contribution in [0.3, 0.4) is 0 Å². The molecule has 1 N–H and O–H groups in total. The Bertz CT molecular complexity index is 586. The van der Waals surface area contributed by atoms with Crippen molar-refractivity contribution in [2.24, 2.45) is 0 Å². The molecule has 1 aromatic carbocycles. The van der Waals surface area contributed by atoms with Gasteiger partial charge in [-0.3, -0.25) is 0 Å². The van der Waals surface area contributed by atoms with Crippen LogP contribution in [-0.2, 0) is 6.61 Å². The smallest absolute Gasteiger partial charge is 0.224 e. The molecule has 0 saturated heterocycles. The van der Waals surface area contributed by atoms with Crippen molar-refractivity contribution in [1.29, 1.82) is 0 Å². The summed E-state index contributed by atoms with van der Waals surface area (Å²) in [5.74, 6) is 0.793. The Kier molecular flexibility index (Phi) is 4.69. The second-order valence-corrected chi connectivity index (χ2v) is 4.73. The Labute approximate surface area is 118 Å². The van der Waals surface area contributed by atoms with Crippen molar-refractivity contribution >= 4 is 0 Å². The van der Waals surface area contributed by atoms with Crippen LogP contribution in [-0.4, -0.2) is 10.1 Å². The number of aliphatic hydroxyl groups excluding tert-OH is 1. The van der Waals surface area contributed by atoms with Gasteiger partial charge in [0.15, 0.2) is 0 Å². The first-order chi connectivity index (χ1) is 9.65. The summed E-state index contributed by atoms with van der Waals surface area (Å²) >= 11 is 0. The van der Waals surface area contributed by atoms with Crippen LogP contribution in [0.15, 0.2) is 36.5 Å². The van der Waals surface area contributed by atoms with Crippen LogP contribution in [0.4, 0.5) is 4.39 Å². The highest BCUT2D eigenvalue weighted by atomic mass is 19.1. The molecular formula is C16H18FNO2. The summed E-state index contributed by atoms with van der Waals surface area (Å²) in [4.78, 5) is 3.91. The molecule has 106 valence electrons. The number of para-hydroxylation sites is 1. The van der Waals surface area contributed by atoms with E-state index < -0.39 is 5.82 Å². The summed E-state index contributed by atoms with van der Waals surface area (Å²) in [6, 6.07) is 8.93. The lowest BCUT2D eigenvalue weighted by atomic mass is 9.98. The predicted octanol–water partition coefficient (Wildman–Crippen LogP) is 4.02. The Balaban J connectivity index is 2.35. The number of halogens is 1. The number of hydrogen-bond donors (Lipinski definition) is 1. The van der Waals surface area contributed by atoms with Gasteiger partial charge in [0.25, 0.3) is 0 Å². The van der Waals surface area contributed by atoms with Gasteiger partial charge < -0.3 is 9.84 Å². The minimum atomic E-state index is -0.489. The van der Waals surface area contributed by atoms with E-state index in [2.05, 4.69) is 18.8 Å². The highest BCUT2D eigenvalue weighted by Gasteiger charge is 2.13. The van der Waals surface area contributed by atoms with Crippen molar-refractivity contribution in [2.75, 3.05) is 0 Å². The van der Waals surface area contributed by atoms with E-state index in [1.54, 1.807) is 0 Å². The lowest BCUT2D eigenvalue weighted by molar-refractivity contribution is 0.274. The van der Waals surface area contributed by atoms with E-state index in [-0.39, 0.29) is 12.5 Å². The quantitative estimate of drug-likeness (QED) is 0.896. The van der Waals surface area contributed by atoms with Gasteiger partial charge in [-0.15, -0.1) is 0 Å². The molecule has 0 saturated carbocycles. The van der Waals surface area contributed by atoms with Gasteiger partial charge in [0.2, 0.25) is 5.88 Å². The normalized spacial score (nSPS) is 12.2. The average Bonchev–Trinajstić information content (AvgIpc) is 2.48. The highest BCUT2D eigenvalue weighted by Crippen LogP contribution is 2.32. The van der Waals surface area contributed by atoms with Crippen LogP contribution >= 0.6 is 0 Å². The van der Waals surface area contributed by atoms with Crippen molar-refractivity contribution < 1.29 is 14.2 Å². The van der Waals surface area contributed by atoms with E-state index in [1.807, 2.05) is 24.3 Å². The second kappa shape index (κ2) is 6.48. The SMILES string of the molecule is CCC(C)c1ccccc1Oc1ncc(F)cc1CO. The van der Waals surface area contributed by atoms with Crippen molar-refractivity contribution in [3.63, 3.8) is 0 Å². The van der Waals surface area contributed by atoms with Gasteiger partial charge >= 0.3 is 0 Å². The molecule has 20 heavy (non-hydrogen) atoms. The molecule has 1 heterocycles. The topological polar surface area (TPSA) is 42.4 Å². The van der Waals surface area contributed by atoms with Gasteiger partial charge in [-0.2, -0.15) is 0 Å². The maximum Gasteiger partial charge on any atom is 0.224 e. The molecule has 0 bridgehead atoms. The molecule has 1 aromatic heterocycles. The first-order valence-electron chi connectivity index (χ1n) is 6.67. The summed E-state index contributed by atoms with van der Waals surface area (Å²) in [6.07, 6.45) is 2.07. The van der Waals surface area contributed by atoms with Crippen molar-refractivity contribution in [3.05, 3.63) is 53.5 Å². The lowest BCUT2D eigenvalue weighted by Gasteiger charge is -2.16. The average molecular weight is 275 g/mol. The van der Waals surface area contributed by atoms with Gasteiger partial charge in [-0.1, -0.05) is 32.0 Å². The largest absolute Gasteiger partial charge is 0.438 e. The first-order valence-corrected chi connectivity index (χ1v) is 6.67. The zero-order chi connectivity index (χ0) is 14.5. The maximum absolute atomic E-state index is 13.1. The molecule has 0 aliphatic heterocycles. The Hall–Kier alpha value is -1.94. The Morgan fingerprint density at radius 2 is 2.10 bits per heavy atom. The van der Waals surface area contributed by atoms with Gasteiger partial charge in [-0.05, 0) is 30.0 Å². The lowest BCUT2D eigenvalue weighted by Crippen LogP contribution is -2.00. The molecule has 2 rings (SSSR count). The predicted molar refractivity (Wildman–Crippen MR) is 75.3 cm³/mol. The molecule has 4 heteroatoms. The Morgan fingerprint density at radius 3 is 2.80 bits per heavy atom. The number of ether oxygens (including phenoxy) is 1. The summed E-state index contributed by atoms with van der Waals surface area (Å²) in [5, 5.41) is 9.26. The summed E-state index contributed by atoms with van der Waals surface area (Å²) < 4.78 is 18.9. The molecule has 2 aromatic rings. The third-order valence-corrected chi connectivity index (χ3v) is 3.33. The van der Waals surface area contributed by atoms with Gasteiger partial charge in [0, 0.05) is 5.56 Å². The van der Waals surface area contributed by atoms with Crippen molar-refractivity contribution in [3.8, 4) is 11.6 Å². The van der Waals surface area contributed by atoms with Crippen LogP contribution in [0.1, 0.15) is 37.3 Å². The molecule has 1 atom stereocenters. The van der Waals surface area contributed by atoms with E-state index in [0.29, 0.717) is 17.2 Å².